The van der Waals surface area contributed by atoms with E-state index in [2.05, 4.69) is 20.8 Å². The molecule has 0 aliphatic carbocycles. The number of hydrogen-bond acceptors (Lipinski definition) is 7. The van der Waals surface area contributed by atoms with Gasteiger partial charge < -0.3 is 34.4 Å². The molecule has 0 bridgehead atoms. The quantitative estimate of drug-likeness (QED) is 0.235. The molecule has 0 rings (SSSR count). The van der Waals surface area contributed by atoms with Gasteiger partial charge in [0.2, 0.25) is 0 Å². The maximum Gasteiger partial charge on any atom is 3.00 e. The molecular formula is C28H55CeO7. The number of carboxylic acid groups (broad SMARTS) is 3. The molecule has 8 heteroatoms. The van der Waals surface area contributed by atoms with Crippen LogP contribution in [0.5, 0.6) is 0 Å². The Balaban J connectivity index is -0.000000121. The second-order valence-corrected chi connectivity index (χ2v) is 8.48. The van der Waals surface area contributed by atoms with Crippen molar-refractivity contribution in [1.82, 2.24) is 0 Å². The standard InChI is InChI=1S/3C8H16O2.C4H10O.Ce/c3*1-3-5-6-7(4-2)8(9)10;1-3-5-4-2;/h3*7H,3-6H2,1-2H3,(H,9,10);3-4H2,1-2H3;/q;;;;+3/p-3. The molecule has 213 valence electrons. The largest absolute Gasteiger partial charge is 3.00 e. The van der Waals surface area contributed by atoms with Gasteiger partial charge in [0.05, 0.1) is 0 Å². The Morgan fingerprint density at radius 3 is 0.833 bits per heavy atom. The van der Waals surface area contributed by atoms with Gasteiger partial charge in [0, 0.05) is 31.1 Å². The van der Waals surface area contributed by atoms with E-state index in [0.29, 0.717) is 19.3 Å². The van der Waals surface area contributed by atoms with Crippen LogP contribution >= 0.6 is 0 Å². The molecular weight excluding hydrogens is 588 g/mol. The first-order valence-electron chi connectivity index (χ1n) is 13.8. The minimum Gasteiger partial charge on any atom is -0.550 e. The van der Waals surface area contributed by atoms with Crippen LogP contribution in [-0.2, 0) is 19.1 Å². The zero-order valence-electron chi connectivity index (χ0n) is 24.5. The molecule has 0 heterocycles. The van der Waals surface area contributed by atoms with Gasteiger partial charge in [-0.3, -0.25) is 0 Å². The predicted molar refractivity (Wildman–Crippen MR) is 137 cm³/mol. The van der Waals surface area contributed by atoms with Crippen LogP contribution in [0.2, 0.25) is 0 Å². The van der Waals surface area contributed by atoms with E-state index in [9.17, 15) is 29.7 Å². The van der Waals surface area contributed by atoms with E-state index in [1.165, 1.54) is 0 Å². The smallest absolute Gasteiger partial charge is 0.550 e. The maximum atomic E-state index is 10.3. The van der Waals surface area contributed by atoms with Crippen molar-refractivity contribution in [2.75, 3.05) is 13.2 Å². The molecule has 0 aromatic heterocycles. The summed E-state index contributed by atoms with van der Waals surface area (Å²) in [7, 11) is 0. The van der Waals surface area contributed by atoms with Crippen LogP contribution in [0.4, 0.5) is 0 Å². The number of aliphatic carboxylic acids is 3. The van der Waals surface area contributed by atoms with Crippen molar-refractivity contribution in [2.24, 2.45) is 17.8 Å². The molecule has 0 aliphatic heterocycles. The first-order chi connectivity index (χ1) is 16.6. The first kappa shape index (κ1) is 45.7. The minimum atomic E-state index is -0.893. The summed E-state index contributed by atoms with van der Waals surface area (Å²) in [6.07, 6.45) is 10.6. The number of rotatable bonds is 17. The fourth-order valence-electron chi connectivity index (χ4n) is 3.02. The van der Waals surface area contributed by atoms with E-state index < -0.39 is 17.9 Å². The monoisotopic (exact) mass is 643 g/mol. The predicted octanol–water partition coefficient (Wildman–Crippen LogP) is 3.90. The second-order valence-electron chi connectivity index (χ2n) is 8.48. The molecule has 3 atom stereocenters. The molecule has 0 fully saturated rings. The zero-order chi connectivity index (χ0) is 28.1. The topological polar surface area (TPSA) is 130 Å². The van der Waals surface area contributed by atoms with Gasteiger partial charge in [-0.1, -0.05) is 80.1 Å². The van der Waals surface area contributed by atoms with Gasteiger partial charge >= 0.3 is 41.7 Å². The van der Waals surface area contributed by atoms with Crippen LogP contribution in [0.1, 0.15) is 132 Å². The Kier molecular flexibility index (Phi) is 46.8. The molecule has 0 saturated carbocycles. The number of hydrogen-bond donors (Lipinski definition) is 0. The van der Waals surface area contributed by atoms with E-state index in [4.69, 9.17) is 4.74 Å². The van der Waals surface area contributed by atoms with Crippen LogP contribution in [0, 0.1) is 59.5 Å². The molecule has 0 spiro atoms. The molecule has 0 aromatic rings. The maximum absolute atomic E-state index is 10.3. The third-order valence-corrected chi connectivity index (χ3v) is 5.61. The van der Waals surface area contributed by atoms with Crippen molar-refractivity contribution < 1.29 is 76.2 Å². The second kappa shape index (κ2) is 36.9. The molecule has 1 radical (unpaired) electrons. The number of carboxylic acids is 3. The van der Waals surface area contributed by atoms with Crippen molar-refractivity contribution in [1.29, 1.82) is 0 Å². The third-order valence-electron chi connectivity index (χ3n) is 5.61. The molecule has 0 aliphatic rings. The van der Waals surface area contributed by atoms with E-state index in [0.717, 1.165) is 71.0 Å². The number of unbranched alkanes of at least 4 members (excludes halogenated alkanes) is 3. The minimum absolute atomic E-state index is 0. The van der Waals surface area contributed by atoms with Gasteiger partial charge in [-0.05, 0) is 70.1 Å². The SMILES string of the molecule is CCCCC(CC)C(=O)[O-].CCCCC(CC)C(=O)[O-].CCCCC(CC)C(=O)[O-].CCOCC.[Ce+3]. The fourth-order valence-corrected chi connectivity index (χ4v) is 3.02. The Bertz CT molecular complexity index is 409. The van der Waals surface area contributed by atoms with Crippen LogP contribution < -0.4 is 15.3 Å². The van der Waals surface area contributed by atoms with Gasteiger partial charge in [-0.25, -0.2) is 0 Å². The summed E-state index contributed by atoms with van der Waals surface area (Å²) in [5.74, 6) is -3.34. The summed E-state index contributed by atoms with van der Waals surface area (Å²) in [4.78, 5) is 31.0. The van der Waals surface area contributed by atoms with E-state index >= 15 is 0 Å². The number of carbonyl (C=O) groups excluding carboxylic acids is 3. The van der Waals surface area contributed by atoms with Crippen molar-refractivity contribution in [3.05, 3.63) is 0 Å². The van der Waals surface area contributed by atoms with Gasteiger partial charge in [-0.2, -0.15) is 0 Å². The van der Waals surface area contributed by atoms with Gasteiger partial charge in [-0.15, -0.1) is 0 Å². The molecule has 7 nitrogen and oxygen atoms in total. The molecule has 0 aromatic carbocycles. The van der Waals surface area contributed by atoms with E-state index in [-0.39, 0.29) is 59.5 Å². The van der Waals surface area contributed by atoms with Crippen LogP contribution in [0.3, 0.4) is 0 Å². The van der Waals surface area contributed by atoms with Crippen molar-refractivity contribution in [3.63, 3.8) is 0 Å². The van der Waals surface area contributed by atoms with Crippen molar-refractivity contribution >= 4 is 17.9 Å². The molecule has 0 N–H and O–H groups in total. The molecule has 36 heavy (non-hydrogen) atoms. The normalized spacial score (nSPS) is 12.0. The van der Waals surface area contributed by atoms with Gasteiger partial charge in [0.1, 0.15) is 0 Å². The van der Waals surface area contributed by atoms with Gasteiger partial charge in [0.15, 0.2) is 0 Å². The van der Waals surface area contributed by atoms with Crippen LogP contribution in [0.25, 0.3) is 0 Å². The summed E-state index contributed by atoms with van der Waals surface area (Å²) >= 11 is 0. The average Bonchev–Trinajstić information content (AvgIpc) is 2.82. The van der Waals surface area contributed by atoms with Crippen LogP contribution in [-0.4, -0.2) is 31.1 Å². The van der Waals surface area contributed by atoms with Gasteiger partial charge in [0.25, 0.3) is 0 Å². The Morgan fingerprint density at radius 2 is 0.750 bits per heavy atom. The third kappa shape index (κ3) is 35.9. The van der Waals surface area contributed by atoms with E-state index in [1.807, 2.05) is 34.6 Å². The Labute approximate surface area is 255 Å². The van der Waals surface area contributed by atoms with Crippen molar-refractivity contribution in [2.45, 2.75) is 132 Å². The number of ether oxygens (including phenoxy) is 1. The molecule has 3 unspecified atom stereocenters. The van der Waals surface area contributed by atoms with Crippen molar-refractivity contribution in [3.8, 4) is 0 Å². The molecule has 0 amide bonds. The summed E-state index contributed by atoms with van der Waals surface area (Å²) in [6.45, 7) is 17.5. The first-order valence-corrected chi connectivity index (χ1v) is 13.8. The Hall–Kier alpha value is -0.253. The van der Waals surface area contributed by atoms with E-state index in [1.54, 1.807) is 0 Å². The zero-order valence-corrected chi connectivity index (χ0v) is 27.6. The summed E-state index contributed by atoms with van der Waals surface area (Å²) in [5, 5.41) is 31.0. The number of carbonyl (C=O) groups is 3. The summed E-state index contributed by atoms with van der Waals surface area (Å²) < 4.78 is 4.83. The Morgan fingerprint density at radius 1 is 0.528 bits per heavy atom. The van der Waals surface area contributed by atoms with Crippen LogP contribution in [0.15, 0.2) is 0 Å². The molecule has 0 saturated heterocycles. The average molecular weight is 644 g/mol. The summed E-state index contributed by atoms with van der Waals surface area (Å²) in [6, 6.07) is 0. The fraction of sp³-hybridized carbons (Fsp3) is 0.893. The summed E-state index contributed by atoms with van der Waals surface area (Å²) in [5.41, 5.74) is 0.